The van der Waals surface area contributed by atoms with E-state index in [0.29, 0.717) is 38.5 Å². The number of H-pyrrole nitrogens is 2. The Morgan fingerprint density at radius 1 is 0.359 bits per heavy atom. The summed E-state index contributed by atoms with van der Waals surface area (Å²) in [5.41, 5.74) is 8.05. The van der Waals surface area contributed by atoms with Crippen molar-refractivity contribution in [2.45, 2.75) is 178 Å². The van der Waals surface area contributed by atoms with Crippen LogP contribution in [0.5, 0.6) is 5.75 Å². The molecule has 0 saturated carbocycles. The number of aliphatic carboxylic acids is 3. The van der Waals surface area contributed by atoms with E-state index in [2.05, 4.69) is 73.8 Å². The fourth-order valence-corrected chi connectivity index (χ4v) is 12.7. The van der Waals surface area contributed by atoms with Gasteiger partial charge in [-0.15, -0.1) is 0 Å². The third kappa shape index (κ3) is 34.3. The molecule has 128 heavy (non-hydrogen) atoms. The highest BCUT2D eigenvalue weighted by Gasteiger charge is 2.39. The van der Waals surface area contributed by atoms with Gasteiger partial charge in [-0.3, -0.25) is 86.3 Å². The number of amides is 16. The van der Waals surface area contributed by atoms with Crippen LogP contribution >= 0.6 is 0 Å². The number of nitrogens with two attached hydrogens (primary N) is 1. The summed E-state index contributed by atoms with van der Waals surface area (Å²) in [6, 6.07) is -2.92. The van der Waals surface area contributed by atoms with E-state index in [1.165, 1.54) is 30.5 Å². The Balaban J connectivity index is 1.33. The van der Waals surface area contributed by atoms with E-state index in [0.717, 1.165) is 0 Å². The molecule has 0 saturated heterocycles. The van der Waals surface area contributed by atoms with Crippen LogP contribution in [0.15, 0.2) is 85.2 Å². The molecule has 0 aliphatic heterocycles. The van der Waals surface area contributed by atoms with Gasteiger partial charge in [-0.05, 0) is 78.0 Å². The van der Waals surface area contributed by atoms with E-state index < -0.39 is 287 Å². The van der Waals surface area contributed by atoms with Crippen LogP contribution in [0.3, 0.4) is 0 Å². The molecule has 5 rings (SSSR count). The van der Waals surface area contributed by atoms with Crippen molar-refractivity contribution in [2.24, 2.45) is 23.5 Å². The van der Waals surface area contributed by atoms with Gasteiger partial charge in [0.05, 0.1) is 65.6 Å². The van der Waals surface area contributed by atoms with Gasteiger partial charge >= 0.3 is 17.9 Å². The Labute approximate surface area is 731 Å². The Morgan fingerprint density at radius 2 is 0.703 bits per heavy atom. The summed E-state index contributed by atoms with van der Waals surface area (Å²) < 4.78 is 0. The first-order chi connectivity index (χ1) is 60.6. The first kappa shape index (κ1) is 105. The van der Waals surface area contributed by atoms with Gasteiger partial charge in [-0.1, -0.05) is 96.5 Å². The van der Waals surface area contributed by atoms with Gasteiger partial charge in [-0.25, -0.2) is 4.79 Å². The van der Waals surface area contributed by atoms with Crippen LogP contribution < -0.4 is 90.8 Å². The summed E-state index contributed by atoms with van der Waals surface area (Å²) in [6.45, 7) is 1.26. The van der Waals surface area contributed by atoms with E-state index in [9.17, 15) is 117 Å². The summed E-state index contributed by atoms with van der Waals surface area (Å²) >= 11 is 0. The zero-order valence-electron chi connectivity index (χ0n) is 70.9. The van der Waals surface area contributed by atoms with Crippen LogP contribution in [0.1, 0.15) is 96.8 Å². The number of hydrogen-bond donors (Lipinski definition) is 28. The summed E-state index contributed by atoms with van der Waals surface area (Å²) in [4.78, 5) is 262. The van der Waals surface area contributed by atoms with Gasteiger partial charge in [0.15, 0.2) is 0 Å². The topological polar surface area (TPSA) is 756 Å². The van der Waals surface area contributed by atoms with Crippen LogP contribution in [0.2, 0.25) is 0 Å². The minimum absolute atomic E-state index is 0.149. The fraction of sp³-hybridized carbons (Fsp3) is 0.494. The highest BCUT2D eigenvalue weighted by atomic mass is 16.4. The zero-order chi connectivity index (χ0) is 95.2. The van der Waals surface area contributed by atoms with E-state index in [1.54, 1.807) is 96.3 Å². The Bertz CT molecular complexity index is 4730. The number of carbonyl (C=O) groups is 19. The lowest BCUT2D eigenvalue weighted by atomic mass is 9.97. The lowest BCUT2D eigenvalue weighted by Crippen LogP contribution is -2.61. The number of para-hydroxylation sites is 2. The van der Waals surface area contributed by atoms with Crippen LogP contribution in [-0.2, 0) is 110 Å². The third-order valence-electron chi connectivity index (χ3n) is 19.8. The molecule has 2 aromatic heterocycles. The molecule has 0 unspecified atom stereocenters. The second-order valence-corrected chi connectivity index (χ2v) is 30.8. The number of hydrogen-bond acceptors (Lipinski definition) is 26. The first-order valence-corrected chi connectivity index (χ1v) is 40.7. The number of phenols is 1. The number of carbonyl (C=O) groups excluding carboxylic acids is 16. The number of fused-ring (bicyclic) bond motifs is 2. The van der Waals surface area contributed by atoms with Gasteiger partial charge in [0.25, 0.3) is 0 Å². The number of aromatic amines is 2. The molecule has 0 bridgehead atoms. The predicted octanol–water partition coefficient (Wildman–Crippen LogP) is -8.48. The van der Waals surface area contributed by atoms with E-state index >= 15 is 9.59 Å². The van der Waals surface area contributed by atoms with E-state index in [-0.39, 0.29) is 44.3 Å². The van der Waals surface area contributed by atoms with Crippen LogP contribution in [0.25, 0.3) is 21.8 Å². The van der Waals surface area contributed by atoms with Gasteiger partial charge < -0.3 is 147 Å². The van der Waals surface area contributed by atoms with Crippen molar-refractivity contribution in [3.63, 3.8) is 0 Å². The number of aliphatic hydroxyl groups is 5. The van der Waals surface area contributed by atoms with Gasteiger partial charge in [0.1, 0.15) is 84.3 Å². The number of carboxylic acids is 3. The smallest absolute Gasteiger partial charge is 0.328 e. The largest absolute Gasteiger partial charge is 0.508 e. The average molecular weight is 1800 g/mol. The number of aromatic nitrogens is 2. The average Bonchev–Trinajstić information content (AvgIpc) is 1.65. The van der Waals surface area contributed by atoms with Gasteiger partial charge in [0.2, 0.25) is 94.5 Å². The molecule has 16 amide bonds. The first-order valence-electron chi connectivity index (χ1n) is 40.7. The molecule has 0 fully saturated rings. The molecule has 5 aromatic rings. The lowest BCUT2D eigenvalue weighted by molar-refractivity contribution is -0.143. The monoisotopic (exact) mass is 1800 g/mol. The highest BCUT2D eigenvalue weighted by Crippen LogP contribution is 2.23. The molecule has 47 nitrogen and oxygen atoms in total. The standard InChI is InChI=1S/C81H113N19O28/c1-7-41(6)68(100-69(115)48(82)34-101)80(126)93-51(20-21-66(111)112)74(120)96-54(24-42-16-18-45(106)19-17-42)76(122)97-56(26-44-29-84-50-15-11-9-13-47(44)50)78(124)95-53(23-40(4)5)75(121)99-57(27-67(113)114)79(125)98-55(25-43-28-83-49-14-10-8-12-46(43)49)77(123)94-52(22-39(2)3)70(116)85-30-62(107)89-58(35-102)71(117)86-31-63(108)90-59(36-103)72(118)87-32-64(109)91-60(37-104)73(119)88-33-65(110)92-61(38-105)81(127)128/h8-19,28-29,39-41,48,51-61,68,83-84,101-106H,7,20-27,30-38,82H2,1-6H3,(H,85,116)(H,86,117)(H,87,118)(H,88,119)(H,89,107)(H,90,108)(H,91,109)(H,92,110)(H,93,126)(H,94,123)(H,95,124)(H,96,120)(H,97,122)(H,98,125)(H,99,121)(H,100,115)(H,111,112)(H,113,114)(H,127,128)/t41-,48-,51-,52-,53-,54-,55-,56-,57-,58-,59-,60-,61-,68-/m0/s1. The van der Waals surface area contributed by atoms with Gasteiger partial charge in [-0.2, -0.15) is 0 Å². The SMILES string of the molecule is CC[C@H](C)[C@H](NC(=O)[C@@H](N)CO)C(=O)N[C@@H](CCC(=O)O)C(=O)N[C@@H](Cc1ccc(O)cc1)C(=O)N[C@@H](Cc1c[nH]c2ccccc12)C(=O)N[C@@H](CC(C)C)C(=O)N[C@@H](CC(=O)O)C(=O)N[C@@H](Cc1c[nH]c2ccccc12)C(=O)N[C@@H](CC(C)C)C(=O)NCC(=O)N[C@@H](CO)C(=O)NCC(=O)N[C@@H](CO)C(=O)NCC(=O)N[C@@H](CO)C(=O)NCC(=O)N[C@@H](CO)C(=O)O. The number of benzene rings is 3. The zero-order valence-corrected chi connectivity index (χ0v) is 70.9. The predicted molar refractivity (Wildman–Crippen MR) is 450 cm³/mol. The Morgan fingerprint density at radius 3 is 1.08 bits per heavy atom. The summed E-state index contributed by atoms with van der Waals surface area (Å²) in [5, 5.41) is 126. The van der Waals surface area contributed by atoms with Crippen molar-refractivity contribution >= 4 is 134 Å². The molecule has 0 radical (unpaired) electrons. The Hall–Kier alpha value is -13.8. The summed E-state index contributed by atoms with van der Waals surface area (Å²) in [6.07, 6.45) is -0.555. The second kappa shape index (κ2) is 52.2. The number of carboxylic acid groups (broad SMARTS) is 3. The number of nitrogens with one attached hydrogen (secondary N) is 18. The molecular weight excluding hydrogens is 1690 g/mol. The molecule has 700 valence electrons. The summed E-state index contributed by atoms with van der Waals surface area (Å²) in [7, 11) is 0. The van der Waals surface area contributed by atoms with E-state index in [1.807, 2.05) is 21.3 Å². The van der Waals surface area contributed by atoms with Crippen molar-refractivity contribution in [3.05, 3.63) is 102 Å². The Kier molecular flexibility index (Phi) is 42.8. The molecule has 0 aliphatic rings. The van der Waals surface area contributed by atoms with Crippen LogP contribution in [0, 0.1) is 17.8 Å². The molecule has 14 atom stereocenters. The second-order valence-electron chi connectivity index (χ2n) is 30.8. The van der Waals surface area contributed by atoms with Gasteiger partial charge in [0, 0.05) is 59.9 Å². The third-order valence-corrected chi connectivity index (χ3v) is 19.8. The van der Waals surface area contributed by atoms with Crippen LogP contribution in [0.4, 0.5) is 0 Å². The maximum Gasteiger partial charge on any atom is 0.328 e. The molecular formula is C81H113N19O28. The molecule has 0 spiro atoms. The lowest BCUT2D eigenvalue weighted by Gasteiger charge is -2.29. The van der Waals surface area contributed by atoms with E-state index in [4.69, 9.17) is 15.9 Å². The maximum atomic E-state index is 15.2. The fourth-order valence-electron chi connectivity index (χ4n) is 12.7. The normalized spacial score (nSPS) is 14.5. The molecule has 29 N–H and O–H groups in total. The molecule has 2 heterocycles. The number of aromatic hydroxyl groups is 1. The van der Waals surface area contributed by atoms with Crippen molar-refractivity contribution in [1.29, 1.82) is 0 Å². The maximum absolute atomic E-state index is 15.2. The number of aliphatic hydroxyl groups excluding tert-OH is 5. The highest BCUT2D eigenvalue weighted by molar-refractivity contribution is 6.02. The van der Waals surface area contributed by atoms with Crippen LogP contribution in [-0.4, -0.2) is 306 Å². The molecule has 47 heteroatoms. The molecule has 0 aliphatic carbocycles. The quantitative estimate of drug-likeness (QED) is 0.0172. The van der Waals surface area contributed by atoms with Crippen molar-refractivity contribution in [3.8, 4) is 5.75 Å². The number of phenolic OH excluding ortho intramolecular Hbond substituents is 1. The number of rotatable bonds is 55. The minimum atomic E-state index is -2.05. The van der Waals surface area contributed by atoms with Crippen molar-refractivity contribution in [2.75, 3.05) is 59.2 Å². The molecule has 3 aromatic carbocycles. The van der Waals surface area contributed by atoms with Crippen molar-refractivity contribution in [1.82, 2.24) is 95.0 Å². The summed E-state index contributed by atoms with van der Waals surface area (Å²) in [5.74, 6) is -23.9. The van der Waals surface area contributed by atoms with Crippen molar-refractivity contribution < 1.29 is 137 Å². The minimum Gasteiger partial charge on any atom is -0.508 e.